The normalized spacial score (nSPS) is 54.7. The Hall–Kier alpha value is -2.36. The summed E-state index contributed by atoms with van der Waals surface area (Å²) < 4.78 is 74.9. The first-order valence-electron chi connectivity index (χ1n) is 33.3. The zero-order valence-electron chi connectivity index (χ0n) is 54.8. The second-order valence-electron chi connectivity index (χ2n) is 31.0. The van der Waals surface area contributed by atoms with E-state index in [-0.39, 0.29) is 29.6 Å². The van der Waals surface area contributed by atoms with Crippen LogP contribution in [0, 0.1) is 50.2 Å². The van der Waals surface area contributed by atoms with Crippen LogP contribution in [0.5, 0.6) is 0 Å². The standard InChI is InChI=1S/C64H102O30/c1-11-24(2)51(81)87-34-20-58(4,5)18-31-63-17-13-30-60(8)15-14-33(59(6,7)29(60)12-16-61(30,9)62(63,10)19-32(68)64(31,34)57(82)94-63)88-56-49(93-53-43(77)39(73)37(71)27(21-65)85-53)45(44(78)46(90-56)50(79)80)89-55-48(41(75)38(72)28(22-66)86-55)92-54-47(40(74)35(69)25(3)84-54)91-52-42(76)36(70)26(67)23-83-52/h11,25-49,52-57,65-78,82H,12-23H2,1-10H3,(H,79,80)/b24-11-/t25-,26+,27+,28+,29-,30+,31-,32+,33-,34-,35-,36-,37-,38-,39-,40+,41-,42+,43+,44-,45-,46-,47+,48+,49+,52-,53-,54-,55-,56+,57-,60-,61+,62-,63-,64+/m0/s1. The highest BCUT2D eigenvalue weighted by atomic mass is 16.8. The van der Waals surface area contributed by atoms with Crippen LogP contribution in [-0.4, -0.2) is 291 Å². The van der Waals surface area contributed by atoms with Gasteiger partial charge in [0.05, 0.1) is 49.1 Å². The van der Waals surface area contributed by atoms with Gasteiger partial charge in [-0.3, -0.25) is 0 Å². The Kier molecular flexibility index (Phi) is 20.3. The fourth-order valence-electron chi connectivity index (χ4n) is 19.9. The Morgan fingerprint density at radius 3 is 1.74 bits per heavy atom. The van der Waals surface area contributed by atoms with E-state index in [9.17, 15) is 91.3 Å². The average Bonchev–Trinajstić information content (AvgIpc) is 1.40. The summed E-state index contributed by atoms with van der Waals surface area (Å²) in [6.45, 7) is 17.3. The highest BCUT2D eigenvalue weighted by Crippen LogP contribution is 2.81. The molecule has 0 aromatic heterocycles. The van der Waals surface area contributed by atoms with Crippen LogP contribution in [0.3, 0.4) is 0 Å². The number of aliphatic hydroxyl groups is 15. The van der Waals surface area contributed by atoms with E-state index in [1.165, 1.54) is 6.92 Å². The minimum Gasteiger partial charge on any atom is -0.479 e. The monoisotopic (exact) mass is 1350 g/mol. The van der Waals surface area contributed by atoms with E-state index < -0.39 is 236 Å². The number of ether oxygens (including phenoxy) is 12. The summed E-state index contributed by atoms with van der Waals surface area (Å²) in [5.41, 5.74) is -4.71. The molecule has 6 aliphatic heterocycles. The molecule has 16 N–H and O–H groups in total. The van der Waals surface area contributed by atoms with Crippen molar-refractivity contribution in [3.8, 4) is 0 Å². The molecular formula is C64H102O30. The van der Waals surface area contributed by atoms with Gasteiger partial charge in [-0.1, -0.05) is 54.5 Å². The number of hydrogen-bond donors (Lipinski definition) is 16. The maximum Gasteiger partial charge on any atom is 0.335 e. The third-order valence-corrected chi connectivity index (χ3v) is 25.3. The Bertz CT molecular complexity index is 2740. The molecule has 5 saturated carbocycles. The van der Waals surface area contributed by atoms with Gasteiger partial charge in [-0.15, -0.1) is 0 Å². The number of fused-ring (bicyclic) bond motifs is 4. The van der Waals surface area contributed by atoms with E-state index in [4.69, 9.17) is 56.8 Å². The van der Waals surface area contributed by atoms with Crippen molar-refractivity contribution in [2.24, 2.45) is 50.2 Å². The number of hydrogen-bond acceptors (Lipinski definition) is 29. The predicted octanol–water partition coefficient (Wildman–Crippen LogP) is -2.96. The van der Waals surface area contributed by atoms with Crippen molar-refractivity contribution in [2.75, 3.05) is 19.8 Å². The van der Waals surface area contributed by atoms with E-state index >= 15 is 0 Å². The Labute approximate surface area is 544 Å². The minimum absolute atomic E-state index is 0.00972. The lowest BCUT2D eigenvalue weighted by molar-refractivity contribution is -0.411. The van der Waals surface area contributed by atoms with Gasteiger partial charge in [0.15, 0.2) is 43.8 Å². The van der Waals surface area contributed by atoms with Gasteiger partial charge < -0.3 is 139 Å². The third-order valence-electron chi connectivity index (χ3n) is 25.3. The van der Waals surface area contributed by atoms with Crippen LogP contribution >= 0.6 is 0 Å². The molecule has 538 valence electrons. The van der Waals surface area contributed by atoms with E-state index in [1.807, 2.05) is 13.8 Å². The summed E-state index contributed by atoms with van der Waals surface area (Å²) >= 11 is 0. The van der Waals surface area contributed by atoms with E-state index in [1.54, 1.807) is 19.9 Å². The van der Waals surface area contributed by atoms with Crippen molar-refractivity contribution in [1.82, 2.24) is 0 Å². The van der Waals surface area contributed by atoms with Crippen LogP contribution < -0.4 is 0 Å². The predicted molar refractivity (Wildman–Crippen MR) is 314 cm³/mol. The van der Waals surface area contributed by atoms with Crippen LogP contribution in [0.15, 0.2) is 11.6 Å². The highest BCUT2D eigenvalue weighted by molar-refractivity contribution is 5.87. The topological polar surface area (TPSA) is 469 Å². The molecular weight excluding hydrogens is 1250 g/mol. The molecule has 30 nitrogen and oxygen atoms in total. The van der Waals surface area contributed by atoms with Gasteiger partial charge in [-0.2, -0.15) is 0 Å². The van der Waals surface area contributed by atoms with Crippen molar-refractivity contribution >= 4 is 11.9 Å². The molecule has 11 aliphatic rings. The highest BCUT2D eigenvalue weighted by Gasteiger charge is 2.84. The summed E-state index contributed by atoms with van der Waals surface area (Å²) in [7, 11) is 0. The number of allylic oxidation sites excluding steroid dienone is 1. The second-order valence-corrected chi connectivity index (χ2v) is 31.0. The molecule has 94 heavy (non-hydrogen) atoms. The van der Waals surface area contributed by atoms with Gasteiger partial charge in [0.25, 0.3) is 0 Å². The summed E-state index contributed by atoms with van der Waals surface area (Å²) in [6.07, 6.45) is -44.5. The molecule has 6 heterocycles. The first-order valence-corrected chi connectivity index (χ1v) is 33.3. The van der Waals surface area contributed by atoms with E-state index in [0.717, 1.165) is 0 Å². The van der Waals surface area contributed by atoms with E-state index in [2.05, 4.69) is 34.6 Å². The van der Waals surface area contributed by atoms with Crippen molar-refractivity contribution in [2.45, 2.75) is 305 Å². The molecule has 0 amide bonds. The van der Waals surface area contributed by atoms with Crippen molar-refractivity contribution in [3.63, 3.8) is 0 Å². The zero-order chi connectivity index (χ0) is 68.8. The lowest BCUT2D eigenvalue weighted by Gasteiger charge is -2.75. The number of carbonyl (C=O) groups excluding carboxylic acids is 1. The molecule has 0 aromatic carbocycles. The number of carbonyl (C=O) groups is 2. The maximum absolute atomic E-state index is 13.6. The molecule has 6 saturated heterocycles. The van der Waals surface area contributed by atoms with Crippen LogP contribution in [0.25, 0.3) is 0 Å². The largest absolute Gasteiger partial charge is 0.479 e. The molecule has 0 radical (unpaired) electrons. The first kappa shape index (κ1) is 72.9. The number of aliphatic carboxylic acids is 1. The van der Waals surface area contributed by atoms with Gasteiger partial charge >= 0.3 is 11.9 Å². The second kappa shape index (κ2) is 26.2. The van der Waals surface area contributed by atoms with Gasteiger partial charge in [0.1, 0.15) is 110 Å². The third kappa shape index (κ3) is 11.4. The van der Waals surface area contributed by atoms with Crippen LogP contribution in [0.4, 0.5) is 0 Å². The quantitative estimate of drug-likeness (QED) is 0.0442. The van der Waals surface area contributed by atoms with Crippen molar-refractivity contribution < 1.29 is 148 Å². The van der Waals surface area contributed by atoms with Crippen LogP contribution in [0.2, 0.25) is 0 Å². The summed E-state index contributed by atoms with van der Waals surface area (Å²) in [5.74, 6) is -2.82. The SMILES string of the molecule is C/C=C(/C)C(=O)O[C@H]1CC(C)(C)C[C@@H]2[C@@]13[C@H](O)C[C@]1(C)[C@@]2(CC[C@@H]2[C@@]4(C)CC[C@H](O[C@@H]5O[C@H](C(=O)O)[C@@H](O)[C@H](O[C@@H]6O[C@H](CO)[C@H](O)[C@H](O)[C@H]6O[C@@H]6O[C@@H](C)[C@H](O)[C@@H](O)[C@H]6O[C@@H]6OC[C@@H](O)[C@H](O)[C@H]6O)[C@H]5O[C@@H]5O[C@H](CO)[C@H](O)[C@H](O)[C@H]5O)C(C)(C)[C@@H]4CC[C@]21C)O[C@@H]3O. The van der Waals surface area contributed by atoms with Gasteiger partial charge in [0.2, 0.25) is 0 Å². The van der Waals surface area contributed by atoms with Crippen molar-refractivity contribution in [1.29, 1.82) is 0 Å². The molecule has 0 unspecified atom stereocenters. The number of rotatable bonds is 15. The van der Waals surface area contributed by atoms with Crippen molar-refractivity contribution in [3.05, 3.63) is 11.6 Å². The lowest BCUT2D eigenvalue weighted by Crippen LogP contribution is -2.75. The fraction of sp³-hybridized carbons (Fsp3) is 0.938. The van der Waals surface area contributed by atoms with Gasteiger partial charge in [0, 0.05) is 16.9 Å². The summed E-state index contributed by atoms with van der Waals surface area (Å²) in [6, 6.07) is 0. The lowest BCUT2D eigenvalue weighted by atomic mass is 9.30. The minimum atomic E-state index is -2.34. The Morgan fingerprint density at radius 2 is 1.11 bits per heavy atom. The number of aliphatic hydroxyl groups excluding tert-OH is 15. The first-order chi connectivity index (χ1) is 43.9. The molecule has 2 bridgehead atoms. The number of esters is 1. The van der Waals surface area contributed by atoms with Gasteiger partial charge in [-0.05, 0) is 112 Å². The molecule has 30 heteroatoms. The summed E-state index contributed by atoms with van der Waals surface area (Å²) in [5, 5.41) is 180. The van der Waals surface area contributed by atoms with Crippen LogP contribution in [0.1, 0.15) is 127 Å². The molecule has 5 aliphatic carbocycles. The number of carboxylic acid groups (broad SMARTS) is 1. The van der Waals surface area contributed by atoms with Crippen LogP contribution in [-0.2, 0) is 66.4 Å². The summed E-state index contributed by atoms with van der Waals surface area (Å²) in [4.78, 5) is 27.0. The maximum atomic E-state index is 13.6. The fourth-order valence-corrected chi connectivity index (χ4v) is 19.9. The molecule has 11 fully saturated rings. The Balaban J connectivity index is 0.909. The Morgan fingerprint density at radius 1 is 0.543 bits per heavy atom. The van der Waals surface area contributed by atoms with Gasteiger partial charge in [-0.25, -0.2) is 9.59 Å². The average molecular weight is 1350 g/mol. The zero-order valence-corrected chi connectivity index (χ0v) is 54.8. The molecule has 11 rings (SSSR count). The molecule has 1 spiro atoms. The van der Waals surface area contributed by atoms with E-state index in [0.29, 0.717) is 56.9 Å². The molecule has 36 atom stereocenters. The molecule has 0 aromatic rings. The number of carboxylic acids is 1. The smallest absolute Gasteiger partial charge is 0.335 e.